The van der Waals surface area contributed by atoms with Crippen molar-refractivity contribution in [2.24, 2.45) is 0 Å². The van der Waals surface area contributed by atoms with Crippen LogP contribution in [0, 0.1) is 0 Å². The fourth-order valence-electron chi connectivity index (χ4n) is 1.33. The number of nitrogens with zero attached hydrogens (tertiary/aromatic N) is 1. The zero-order valence-electron chi connectivity index (χ0n) is 9.28. The van der Waals surface area contributed by atoms with E-state index in [-0.39, 0.29) is 24.2 Å². The van der Waals surface area contributed by atoms with Crippen LogP contribution in [0.3, 0.4) is 0 Å². The van der Waals surface area contributed by atoms with Crippen molar-refractivity contribution in [2.75, 3.05) is 17.7 Å². The van der Waals surface area contributed by atoms with E-state index in [4.69, 9.17) is 10.8 Å². The van der Waals surface area contributed by atoms with E-state index in [1.807, 2.05) is 0 Å². The van der Waals surface area contributed by atoms with Crippen molar-refractivity contribution in [2.45, 2.75) is 26.4 Å². The molecule has 0 fully saturated rings. The molecule has 0 aliphatic rings. The number of nitrogens with one attached hydrogen (secondary N) is 2. The smallest absolute Gasteiger partial charge is 0.330 e. The zero-order valence-corrected chi connectivity index (χ0v) is 9.28. The van der Waals surface area contributed by atoms with Gasteiger partial charge in [-0.3, -0.25) is 14.3 Å². The summed E-state index contributed by atoms with van der Waals surface area (Å²) in [5.41, 5.74) is 4.70. The average Bonchev–Trinajstić information content (AvgIpc) is 2.24. The number of hydrogen-bond donors (Lipinski definition) is 4. The maximum atomic E-state index is 11.5. The standard InChI is InChI=1S/C9H16N4O3/c1-3-13-7(10)6(11-5(2)4-14)8(15)12-9(13)16/h5,11,14H,3-4,10H2,1-2H3,(H,12,15,16). The molecule has 0 saturated carbocycles. The molecule has 1 unspecified atom stereocenters. The van der Waals surface area contributed by atoms with Crippen LogP contribution in [0.25, 0.3) is 0 Å². The zero-order chi connectivity index (χ0) is 12.3. The summed E-state index contributed by atoms with van der Waals surface area (Å²) < 4.78 is 1.24. The second-order valence-corrected chi connectivity index (χ2v) is 3.49. The minimum atomic E-state index is -0.576. The molecule has 0 amide bonds. The van der Waals surface area contributed by atoms with Crippen LogP contribution < -0.4 is 22.3 Å². The van der Waals surface area contributed by atoms with Crippen LogP contribution in [-0.4, -0.2) is 27.3 Å². The number of aromatic nitrogens is 2. The molecule has 5 N–H and O–H groups in total. The first-order chi connectivity index (χ1) is 7.51. The lowest BCUT2D eigenvalue weighted by molar-refractivity contribution is 0.281. The highest BCUT2D eigenvalue weighted by Crippen LogP contribution is 2.10. The van der Waals surface area contributed by atoms with Gasteiger partial charge in [-0.15, -0.1) is 0 Å². The number of rotatable bonds is 4. The molecule has 0 bridgehead atoms. The van der Waals surface area contributed by atoms with Crippen LogP contribution in [0.5, 0.6) is 0 Å². The van der Waals surface area contributed by atoms with Gasteiger partial charge in [-0.1, -0.05) is 0 Å². The van der Waals surface area contributed by atoms with E-state index in [0.29, 0.717) is 6.54 Å². The van der Waals surface area contributed by atoms with E-state index in [1.165, 1.54) is 4.57 Å². The van der Waals surface area contributed by atoms with Gasteiger partial charge < -0.3 is 16.2 Å². The predicted molar refractivity (Wildman–Crippen MR) is 61.6 cm³/mol. The van der Waals surface area contributed by atoms with Gasteiger partial charge in [0.1, 0.15) is 11.5 Å². The molecular weight excluding hydrogens is 212 g/mol. The molecule has 1 atom stereocenters. The van der Waals surface area contributed by atoms with Gasteiger partial charge in [0, 0.05) is 12.6 Å². The van der Waals surface area contributed by atoms with Crippen LogP contribution in [0.1, 0.15) is 13.8 Å². The number of H-pyrrole nitrogens is 1. The molecule has 0 aromatic carbocycles. The Kier molecular flexibility index (Phi) is 3.73. The molecule has 0 radical (unpaired) electrons. The second-order valence-electron chi connectivity index (χ2n) is 3.49. The van der Waals surface area contributed by atoms with Crippen molar-refractivity contribution < 1.29 is 5.11 Å². The maximum Gasteiger partial charge on any atom is 0.330 e. The molecule has 0 aliphatic heterocycles. The SMILES string of the molecule is CCn1c(N)c(NC(C)CO)c(=O)[nH]c1=O. The van der Waals surface area contributed by atoms with Gasteiger partial charge in [0.05, 0.1) is 6.61 Å². The summed E-state index contributed by atoms with van der Waals surface area (Å²) in [6, 6.07) is -0.314. The molecule has 7 heteroatoms. The van der Waals surface area contributed by atoms with Gasteiger partial charge in [-0.05, 0) is 13.8 Å². The third kappa shape index (κ3) is 2.25. The molecule has 1 aromatic rings. The summed E-state index contributed by atoms with van der Waals surface area (Å²) in [5.74, 6) is 0.0801. The topological polar surface area (TPSA) is 113 Å². The highest BCUT2D eigenvalue weighted by molar-refractivity contribution is 5.60. The minimum Gasteiger partial charge on any atom is -0.394 e. The molecule has 0 saturated heterocycles. The van der Waals surface area contributed by atoms with Crippen LogP contribution in [0.15, 0.2) is 9.59 Å². The van der Waals surface area contributed by atoms with E-state index in [2.05, 4.69) is 10.3 Å². The van der Waals surface area contributed by atoms with Crippen LogP contribution in [0.2, 0.25) is 0 Å². The fraction of sp³-hybridized carbons (Fsp3) is 0.556. The Hall–Kier alpha value is -1.76. The normalized spacial score (nSPS) is 12.4. The molecule has 0 spiro atoms. The summed E-state index contributed by atoms with van der Waals surface area (Å²) in [6.45, 7) is 3.67. The molecule has 1 aromatic heterocycles. The Morgan fingerprint density at radius 2 is 2.19 bits per heavy atom. The van der Waals surface area contributed by atoms with Crippen LogP contribution in [-0.2, 0) is 6.54 Å². The highest BCUT2D eigenvalue weighted by atomic mass is 16.3. The Labute approximate surface area is 91.9 Å². The van der Waals surface area contributed by atoms with Gasteiger partial charge in [-0.25, -0.2) is 4.79 Å². The maximum absolute atomic E-state index is 11.5. The number of aromatic amines is 1. The molecule has 1 heterocycles. The monoisotopic (exact) mass is 228 g/mol. The third-order valence-corrected chi connectivity index (χ3v) is 2.22. The van der Waals surface area contributed by atoms with Crippen molar-refractivity contribution >= 4 is 11.5 Å². The molecule has 7 nitrogen and oxygen atoms in total. The third-order valence-electron chi connectivity index (χ3n) is 2.22. The Balaban J connectivity index is 3.29. The van der Waals surface area contributed by atoms with Gasteiger partial charge in [0.2, 0.25) is 0 Å². The lowest BCUT2D eigenvalue weighted by Gasteiger charge is -2.15. The number of nitrogens with two attached hydrogens (primary N) is 1. The van der Waals surface area contributed by atoms with E-state index in [9.17, 15) is 9.59 Å². The Morgan fingerprint density at radius 1 is 1.56 bits per heavy atom. The van der Waals surface area contributed by atoms with Gasteiger partial charge in [-0.2, -0.15) is 0 Å². The van der Waals surface area contributed by atoms with E-state index in [1.54, 1.807) is 13.8 Å². The van der Waals surface area contributed by atoms with Crippen molar-refractivity contribution in [3.8, 4) is 0 Å². The van der Waals surface area contributed by atoms with E-state index >= 15 is 0 Å². The Bertz CT molecular complexity index is 477. The number of aliphatic hydroxyl groups excluding tert-OH is 1. The fourth-order valence-corrected chi connectivity index (χ4v) is 1.33. The first kappa shape index (κ1) is 12.3. The Morgan fingerprint density at radius 3 is 2.69 bits per heavy atom. The van der Waals surface area contributed by atoms with E-state index < -0.39 is 11.2 Å². The largest absolute Gasteiger partial charge is 0.394 e. The number of aliphatic hydroxyl groups is 1. The van der Waals surface area contributed by atoms with Gasteiger partial charge >= 0.3 is 5.69 Å². The first-order valence-corrected chi connectivity index (χ1v) is 5.01. The number of nitrogen functional groups attached to an aromatic ring is 1. The first-order valence-electron chi connectivity index (χ1n) is 5.01. The van der Waals surface area contributed by atoms with Crippen molar-refractivity contribution in [1.82, 2.24) is 9.55 Å². The van der Waals surface area contributed by atoms with Gasteiger partial charge in [0.25, 0.3) is 5.56 Å². The average molecular weight is 228 g/mol. The quantitative estimate of drug-likeness (QED) is 0.524. The van der Waals surface area contributed by atoms with Crippen molar-refractivity contribution in [3.63, 3.8) is 0 Å². The lowest BCUT2D eigenvalue weighted by Crippen LogP contribution is -2.35. The summed E-state index contributed by atoms with van der Waals surface area (Å²) in [6.07, 6.45) is 0. The second kappa shape index (κ2) is 4.84. The van der Waals surface area contributed by atoms with Crippen molar-refractivity contribution in [3.05, 3.63) is 20.8 Å². The van der Waals surface area contributed by atoms with Crippen LogP contribution >= 0.6 is 0 Å². The molecular formula is C9H16N4O3. The summed E-state index contributed by atoms with van der Waals surface area (Å²) in [7, 11) is 0. The van der Waals surface area contributed by atoms with E-state index in [0.717, 1.165) is 0 Å². The van der Waals surface area contributed by atoms with Gasteiger partial charge in [0.15, 0.2) is 0 Å². The molecule has 1 rings (SSSR count). The molecule has 0 aliphatic carbocycles. The van der Waals surface area contributed by atoms with Crippen LogP contribution in [0.4, 0.5) is 11.5 Å². The lowest BCUT2D eigenvalue weighted by atomic mass is 10.3. The predicted octanol–water partition coefficient (Wildman–Crippen LogP) is -1.07. The summed E-state index contributed by atoms with van der Waals surface area (Å²) >= 11 is 0. The number of hydrogen-bond acceptors (Lipinski definition) is 5. The molecule has 16 heavy (non-hydrogen) atoms. The molecule has 90 valence electrons. The summed E-state index contributed by atoms with van der Waals surface area (Å²) in [4.78, 5) is 25.0. The number of anilines is 2. The van der Waals surface area contributed by atoms with Crippen molar-refractivity contribution in [1.29, 1.82) is 0 Å². The minimum absolute atomic E-state index is 0.0801. The highest BCUT2D eigenvalue weighted by Gasteiger charge is 2.12. The summed E-state index contributed by atoms with van der Waals surface area (Å²) in [5, 5.41) is 11.6.